The second-order valence-corrected chi connectivity index (χ2v) is 6.20. The minimum Gasteiger partial charge on any atom is -0.491 e. The third-order valence-corrected chi connectivity index (χ3v) is 4.21. The standard InChI is InChI=1S/C21H26N2O3/c1-5-14(3)26-17-12-10-16(11-13-17)21(25)23-19-9-7-8-18(15(19)4)22-20(24)6-2/h7-14H,5-6H2,1-4H3,(H,22,24)(H,23,25). The maximum Gasteiger partial charge on any atom is 0.255 e. The highest BCUT2D eigenvalue weighted by Crippen LogP contribution is 2.24. The zero-order valence-electron chi connectivity index (χ0n) is 15.8. The number of hydrogen-bond donors (Lipinski definition) is 2. The molecule has 0 aliphatic rings. The summed E-state index contributed by atoms with van der Waals surface area (Å²) in [5.41, 5.74) is 2.74. The van der Waals surface area contributed by atoms with Crippen molar-refractivity contribution in [3.05, 3.63) is 53.6 Å². The Hall–Kier alpha value is -2.82. The topological polar surface area (TPSA) is 67.4 Å². The van der Waals surface area contributed by atoms with E-state index in [9.17, 15) is 9.59 Å². The first-order valence-corrected chi connectivity index (χ1v) is 8.92. The first-order valence-electron chi connectivity index (χ1n) is 8.92. The van der Waals surface area contributed by atoms with Crippen LogP contribution in [-0.4, -0.2) is 17.9 Å². The lowest BCUT2D eigenvalue weighted by atomic mass is 10.1. The first-order chi connectivity index (χ1) is 12.4. The van der Waals surface area contributed by atoms with Crippen molar-refractivity contribution in [1.82, 2.24) is 0 Å². The van der Waals surface area contributed by atoms with E-state index in [0.717, 1.165) is 17.7 Å². The van der Waals surface area contributed by atoms with E-state index in [4.69, 9.17) is 4.74 Å². The molecule has 0 heterocycles. The average Bonchev–Trinajstić information content (AvgIpc) is 2.65. The Balaban J connectivity index is 2.10. The highest BCUT2D eigenvalue weighted by molar-refractivity contribution is 6.05. The molecule has 1 unspecified atom stereocenters. The third-order valence-electron chi connectivity index (χ3n) is 4.21. The fourth-order valence-electron chi connectivity index (χ4n) is 2.34. The molecule has 0 fully saturated rings. The Labute approximate surface area is 154 Å². The quantitative estimate of drug-likeness (QED) is 0.752. The van der Waals surface area contributed by atoms with Crippen LogP contribution in [0.5, 0.6) is 5.75 Å². The number of rotatable bonds is 7. The van der Waals surface area contributed by atoms with Crippen molar-refractivity contribution < 1.29 is 14.3 Å². The molecule has 2 rings (SSSR count). The zero-order chi connectivity index (χ0) is 19.1. The van der Waals surface area contributed by atoms with E-state index in [2.05, 4.69) is 17.6 Å². The third kappa shape index (κ3) is 5.09. The smallest absolute Gasteiger partial charge is 0.255 e. The summed E-state index contributed by atoms with van der Waals surface area (Å²) in [6.45, 7) is 7.73. The molecule has 0 aliphatic heterocycles. The maximum atomic E-state index is 12.5. The van der Waals surface area contributed by atoms with Crippen molar-refractivity contribution >= 4 is 23.2 Å². The van der Waals surface area contributed by atoms with Gasteiger partial charge in [-0.2, -0.15) is 0 Å². The zero-order valence-corrected chi connectivity index (χ0v) is 15.8. The largest absolute Gasteiger partial charge is 0.491 e. The first kappa shape index (κ1) is 19.5. The molecule has 0 aromatic heterocycles. The number of nitrogens with one attached hydrogen (secondary N) is 2. The Morgan fingerprint density at radius 1 is 1.00 bits per heavy atom. The van der Waals surface area contributed by atoms with Gasteiger partial charge in [-0.15, -0.1) is 0 Å². The summed E-state index contributed by atoms with van der Waals surface area (Å²) in [6, 6.07) is 12.5. The normalized spacial score (nSPS) is 11.5. The van der Waals surface area contributed by atoms with Gasteiger partial charge in [0.1, 0.15) is 5.75 Å². The van der Waals surface area contributed by atoms with E-state index < -0.39 is 0 Å². The molecule has 0 saturated heterocycles. The van der Waals surface area contributed by atoms with E-state index in [-0.39, 0.29) is 17.9 Å². The fourth-order valence-corrected chi connectivity index (χ4v) is 2.34. The van der Waals surface area contributed by atoms with Crippen LogP contribution in [0.1, 0.15) is 49.5 Å². The molecule has 2 N–H and O–H groups in total. The molecule has 138 valence electrons. The second kappa shape index (κ2) is 9.04. The average molecular weight is 354 g/mol. The molecule has 0 saturated carbocycles. The minimum absolute atomic E-state index is 0.0616. The lowest BCUT2D eigenvalue weighted by molar-refractivity contribution is -0.115. The van der Waals surface area contributed by atoms with Crippen LogP contribution in [0.25, 0.3) is 0 Å². The van der Waals surface area contributed by atoms with E-state index in [0.29, 0.717) is 23.4 Å². The molecule has 5 heteroatoms. The summed E-state index contributed by atoms with van der Waals surface area (Å²) >= 11 is 0. The molecular weight excluding hydrogens is 328 g/mol. The van der Waals surface area contributed by atoms with Crippen molar-refractivity contribution in [3.8, 4) is 5.75 Å². The fraction of sp³-hybridized carbons (Fsp3) is 0.333. The number of benzene rings is 2. The number of amides is 2. The van der Waals surface area contributed by atoms with Crippen molar-refractivity contribution in [2.24, 2.45) is 0 Å². The van der Waals surface area contributed by atoms with E-state index in [1.54, 1.807) is 37.3 Å². The Morgan fingerprint density at radius 3 is 2.19 bits per heavy atom. The van der Waals surface area contributed by atoms with Gasteiger partial charge in [-0.1, -0.05) is 19.9 Å². The van der Waals surface area contributed by atoms with Crippen LogP contribution in [0.4, 0.5) is 11.4 Å². The summed E-state index contributed by atoms with van der Waals surface area (Å²) in [5.74, 6) is 0.479. The molecule has 0 spiro atoms. The molecule has 2 aromatic carbocycles. The minimum atomic E-state index is -0.206. The van der Waals surface area contributed by atoms with Gasteiger partial charge >= 0.3 is 0 Å². The Morgan fingerprint density at radius 2 is 1.62 bits per heavy atom. The molecule has 0 aliphatic carbocycles. The summed E-state index contributed by atoms with van der Waals surface area (Å²) in [6.07, 6.45) is 1.46. The van der Waals surface area contributed by atoms with E-state index in [1.165, 1.54) is 0 Å². The van der Waals surface area contributed by atoms with Crippen LogP contribution < -0.4 is 15.4 Å². The van der Waals surface area contributed by atoms with Gasteiger partial charge in [0.05, 0.1) is 6.10 Å². The molecule has 2 amide bonds. The lowest BCUT2D eigenvalue weighted by Gasteiger charge is -2.14. The number of carbonyl (C=O) groups is 2. The molecule has 1 atom stereocenters. The van der Waals surface area contributed by atoms with Gasteiger partial charge < -0.3 is 15.4 Å². The summed E-state index contributed by atoms with van der Waals surface area (Å²) in [5, 5.41) is 5.74. The SMILES string of the molecule is CCC(=O)Nc1cccc(NC(=O)c2ccc(OC(C)CC)cc2)c1C. The highest BCUT2D eigenvalue weighted by Gasteiger charge is 2.11. The van der Waals surface area contributed by atoms with Gasteiger partial charge in [-0.3, -0.25) is 9.59 Å². The maximum absolute atomic E-state index is 12.5. The van der Waals surface area contributed by atoms with Crippen molar-refractivity contribution in [3.63, 3.8) is 0 Å². The van der Waals surface area contributed by atoms with Gasteiger partial charge in [-0.25, -0.2) is 0 Å². The highest BCUT2D eigenvalue weighted by atomic mass is 16.5. The van der Waals surface area contributed by atoms with E-state index in [1.807, 2.05) is 26.0 Å². The lowest BCUT2D eigenvalue weighted by Crippen LogP contribution is -2.15. The van der Waals surface area contributed by atoms with E-state index >= 15 is 0 Å². The Bertz CT molecular complexity index is 769. The number of carbonyl (C=O) groups excluding carboxylic acids is 2. The number of hydrogen-bond acceptors (Lipinski definition) is 3. The van der Waals surface area contributed by atoms with Crippen molar-refractivity contribution in [1.29, 1.82) is 0 Å². The Kier molecular flexibility index (Phi) is 6.78. The van der Waals surface area contributed by atoms with Crippen LogP contribution in [-0.2, 0) is 4.79 Å². The van der Waals surface area contributed by atoms with Crippen LogP contribution in [0, 0.1) is 6.92 Å². The molecule has 0 bridgehead atoms. The van der Waals surface area contributed by atoms with Crippen LogP contribution in [0.3, 0.4) is 0 Å². The monoisotopic (exact) mass is 354 g/mol. The summed E-state index contributed by atoms with van der Waals surface area (Å²) < 4.78 is 5.73. The summed E-state index contributed by atoms with van der Waals surface area (Å²) in [4.78, 5) is 24.1. The van der Waals surface area contributed by atoms with Crippen molar-refractivity contribution in [2.75, 3.05) is 10.6 Å². The van der Waals surface area contributed by atoms with Crippen LogP contribution >= 0.6 is 0 Å². The predicted octanol–water partition coefficient (Wildman–Crippen LogP) is 4.77. The summed E-state index contributed by atoms with van der Waals surface area (Å²) in [7, 11) is 0. The predicted molar refractivity (Wildman–Crippen MR) is 105 cm³/mol. The van der Waals surface area contributed by atoms with Gasteiger partial charge in [-0.05, 0) is 62.2 Å². The van der Waals surface area contributed by atoms with Crippen LogP contribution in [0.15, 0.2) is 42.5 Å². The molecule has 26 heavy (non-hydrogen) atoms. The molecule has 2 aromatic rings. The van der Waals surface area contributed by atoms with Crippen LogP contribution in [0.2, 0.25) is 0 Å². The van der Waals surface area contributed by atoms with Crippen molar-refractivity contribution in [2.45, 2.75) is 46.6 Å². The number of ether oxygens (including phenoxy) is 1. The molecular formula is C21H26N2O3. The van der Waals surface area contributed by atoms with Gasteiger partial charge in [0, 0.05) is 23.4 Å². The second-order valence-electron chi connectivity index (χ2n) is 6.20. The molecule has 5 nitrogen and oxygen atoms in total. The van der Waals surface area contributed by atoms with Gasteiger partial charge in [0.15, 0.2) is 0 Å². The number of anilines is 2. The van der Waals surface area contributed by atoms with Gasteiger partial charge in [0.2, 0.25) is 5.91 Å². The van der Waals surface area contributed by atoms with Gasteiger partial charge in [0.25, 0.3) is 5.91 Å². The molecule has 0 radical (unpaired) electrons.